The lowest BCUT2D eigenvalue weighted by Crippen LogP contribution is -2.09. The number of hydrogen-bond donors (Lipinski definition) is 1. The van der Waals surface area contributed by atoms with Gasteiger partial charge in [-0.15, -0.1) is 0 Å². The minimum absolute atomic E-state index is 0.916. The van der Waals surface area contributed by atoms with Crippen LogP contribution in [0, 0.1) is 0 Å². The van der Waals surface area contributed by atoms with Gasteiger partial charge in [-0.25, -0.2) is 0 Å². The summed E-state index contributed by atoms with van der Waals surface area (Å²) in [5.41, 5.74) is 1.28. The molecule has 1 aliphatic heterocycles. The van der Waals surface area contributed by atoms with Gasteiger partial charge in [0, 0.05) is 19.2 Å². The lowest BCUT2D eigenvalue weighted by molar-refractivity contribution is 0.948. The first-order valence-electron chi connectivity index (χ1n) is 3.37. The summed E-state index contributed by atoms with van der Waals surface area (Å²) >= 11 is 4.97. The molecule has 1 aliphatic rings. The van der Waals surface area contributed by atoms with Crippen molar-refractivity contribution in [1.82, 2.24) is 5.32 Å². The summed E-state index contributed by atoms with van der Waals surface area (Å²) < 4.78 is 0. The summed E-state index contributed by atoms with van der Waals surface area (Å²) in [5.74, 6) is 0. The molecule has 2 heteroatoms. The van der Waals surface area contributed by atoms with E-state index in [2.05, 4.69) is 17.5 Å². The fourth-order valence-corrected chi connectivity index (χ4v) is 1.08. The molecule has 0 bridgehead atoms. The molecule has 10 heavy (non-hydrogen) atoms. The molecule has 0 saturated heterocycles. The second-order valence-electron chi connectivity index (χ2n) is 2.41. The number of nitrogens with one attached hydrogen (secondary N) is 1. The number of rotatable bonds is 2. The molecule has 1 rings (SSSR count). The molecule has 0 aromatic carbocycles. The highest BCUT2D eigenvalue weighted by Gasteiger charge is 1.96. The monoisotopic (exact) mass is 153 g/mol. The van der Waals surface area contributed by atoms with Crippen molar-refractivity contribution in [2.45, 2.75) is 13.3 Å². The molecule has 0 saturated carbocycles. The molecule has 54 valence electrons. The summed E-state index contributed by atoms with van der Waals surface area (Å²) in [6.45, 7) is 2.92. The van der Waals surface area contributed by atoms with Crippen LogP contribution in [0.4, 0.5) is 0 Å². The van der Waals surface area contributed by atoms with Gasteiger partial charge in [0.15, 0.2) is 0 Å². The van der Waals surface area contributed by atoms with Crippen molar-refractivity contribution in [3.63, 3.8) is 0 Å². The smallest absolute Gasteiger partial charge is 0.0328 e. The van der Waals surface area contributed by atoms with Crippen LogP contribution >= 0.6 is 12.2 Å². The third kappa shape index (κ3) is 2.31. The van der Waals surface area contributed by atoms with Gasteiger partial charge in [-0.1, -0.05) is 24.4 Å². The Morgan fingerprint density at radius 3 is 3.10 bits per heavy atom. The standard InChI is InChI=1S/C8H11NS/c1-7(10)5-8-3-2-4-9-6-8/h2-3,6,9H,4-5H2,1H3. The summed E-state index contributed by atoms with van der Waals surface area (Å²) in [6.07, 6.45) is 7.16. The predicted molar refractivity (Wildman–Crippen MR) is 48.1 cm³/mol. The Bertz CT molecular complexity index is 191. The van der Waals surface area contributed by atoms with Crippen molar-refractivity contribution in [3.05, 3.63) is 23.9 Å². The van der Waals surface area contributed by atoms with Crippen LogP contribution in [0.2, 0.25) is 0 Å². The third-order valence-corrected chi connectivity index (χ3v) is 1.45. The van der Waals surface area contributed by atoms with Crippen LogP contribution in [-0.4, -0.2) is 11.4 Å². The zero-order chi connectivity index (χ0) is 7.40. The van der Waals surface area contributed by atoms with E-state index >= 15 is 0 Å². The molecule has 0 spiro atoms. The lowest BCUT2D eigenvalue weighted by Gasteiger charge is -2.06. The van der Waals surface area contributed by atoms with E-state index in [1.54, 1.807) is 0 Å². The Kier molecular flexibility index (Phi) is 2.63. The van der Waals surface area contributed by atoms with Crippen molar-refractivity contribution in [2.24, 2.45) is 0 Å². The summed E-state index contributed by atoms with van der Waals surface area (Å²) in [5, 5.41) is 3.13. The third-order valence-electron chi connectivity index (χ3n) is 1.31. The molecule has 1 N–H and O–H groups in total. The highest BCUT2D eigenvalue weighted by atomic mass is 32.1. The minimum atomic E-state index is 0.916. The van der Waals surface area contributed by atoms with Gasteiger partial charge in [0.2, 0.25) is 0 Å². The zero-order valence-electron chi connectivity index (χ0n) is 6.05. The molecule has 0 atom stereocenters. The van der Waals surface area contributed by atoms with Crippen molar-refractivity contribution in [2.75, 3.05) is 6.54 Å². The first-order chi connectivity index (χ1) is 4.79. The van der Waals surface area contributed by atoms with E-state index in [1.165, 1.54) is 5.57 Å². The van der Waals surface area contributed by atoms with Crippen LogP contribution < -0.4 is 5.32 Å². The van der Waals surface area contributed by atoms with Crippen LogP contribution in [-0.2, 0) is 0 Å². The van der Waals surface area contributed by atoms with E-state index in [0.717, 1.165) is 17.8 Å². The molecule has 0 unspecified atom stereocenters. The van der Waals surface area contributed by atoms with Crippen molar-refractivity contribution >= 4 is 17.1 Å². The van der Waals surface area contributed by atoms with Crippen LogP contribution in [0.3, 0.4) is 0 Å². The zero-order valence-corrected chi connectivity index (χ0v) is 6.87. The fourth-order valence-electron chi connectivity index (χ4n) is 0.914. The average molecular weight is 153 g/mol. The molecule has 0 aromatic rings. The van der Waals surface area contributed by atoms with Crippen LogP contribution in [0.15, 0.2) is 23.9 Å². The summed E-state index contributed by atoms with van der Waals surface area (Å²) in [4.78, 5) is 1.04. The molecule has 1 nitrogen and oxygen atoms in total. The Morgan fingerprint density at radius 2 is 2.60 bits per heavy atom. The first-order valence-corrected chi connectivity index (χ1v) is 3.78. The van der Waals surface area contributed by atoms with Gasteiger partial charge in [-0.05, 0) is 17.4 Å². The molecule has 0 fully saturated rings. The van der Waals surface area contributed by atoms with Gasteiger partial charge < -0.3 is 5.32 Å². The lowest BCUT2D eigenvalue weighted by atomic mass is 10.1. The van der Waals surface area contributed by atoms with E-state index in [0.29, 0.717) is 0 Å². The number of dihydropyridines is 1. The Labute approximate surface area is 66.8 Å². The van der Waals surface area contributed by atoms with Gasteiger partial charge in [0.1, 0.15) is 0 Å². The van der Waals surface area contributed by atoms with Crippen molar-refractivity contribution < 1.29 is 0 Å². The Hall–Kier alpha value is -0.630. The molecule has 1 heterocycles. The molecule has 0 amide bonds. The number of allylic oxidation sites excluding steroid dienone is 2. The molecule has 0 aromatic heterocycles. The molecular formula is C8H11NS. The molecule has 0 radical (unpaired) electrons. The second kappa shape index (κ2) is 3.52. The van der Waals surface area contributed by atoms with E-state index in [9.17, 15) is 0 Å². The maximum absolute atomic E-state index is 4.97. The molecule has 0 aliphatic carbocycles. The normalized spacial score (nSPS) is 15.9. The second-order valence-corrected chi connectivity index (χ2v) is 3.11. The van der Waals surface area contributed by atoms with Crippen molar-refractivity contribution in [3.8, 4) is 0 Å². The molecular weight excluding hydrogens is 142 g/mol. The van der Waals surface area contributed by atoms with Gasteiger partial charge in [0.05, 0.1) is 0 Å². The van der Waals surface area contributed by atoms with Gasteiger partial charge in [0.25, 0.3) is 0 Å². The summed E-state index contributed by atoms with van der Waals surface area (Å²) in [6, 6.07) is 0. The van der Waals surface area contributed by atoms with Gasteiger partial charge in [-0.3, -0.25) is 0 Å². The van der Waals surface area contributed by atoms with Crippen LogP contribution in [0.5, 0.6) is 0 Å². The van der Waals surface area contributed by atoms with Crippen LogP contribution in [0.25, 0.3) is 0 Å². The maximum Gasteiger partial charge on any atom is 0.0328 e. The quantitative estimate of drug-likeness (QED) is 0.607. The maximum atomic E-state index is 4.97. The highest BCUT2D eigenvalue weighted by molar-refractivity contribution is 7.80. The van der Waals surface area contributed by atoms with Gasteiger partial charge in [-0.2, -0.15) is 0 Å². The number of hydrogen-bond acceptors (Lipinski definition) is 2. The van der Waals surface area contributed by atoms with E-state index < -0.39 is 0 Å². The number of thiocarbonyl (C=S) groups is 1. The van der Waals surface area contributed by atoms with E-state index in [4.69, 9.17) is 12.2 Å². The van der Waals surface area contributed by atoms with Crippen LogP contribution in [0.1, 0.15) is 13.3 Å². The van der Waals surface area contributed by atoms with Crippen molar-refractivity contribution in [1.29, 1.82) is 0 Å². The van der Waals surface area contributed by atoms with E-state index in [1.807, 2.05) is 13.1 Å². The summed E-state index contributed by atoms with van der Waals surface area (Å²) in [7, 11) is 0. The highest BCUT2D eigenvalue weighted by Crippen LogP contribution is 2.06. The first kappa shape index (κ1) is 7.48. The largest absolute Gasteiger partial charge is 0.387 e. The Morgan fingerprint density at radius 1 is 1.80 bits per heavy atom. The van der Waals surface area contributed by atoms with Gasteiger partial charge >= 0.3 is 0 Å². The fraction of sp³-hybridized carbons (Fsp3) is 0.375. The average Bonchev–Trinajstić information content (AvgIpc) is 1.88. The predicted octanol–water partition coefficient (Wildman–Crippen LogP) is 1.81. The Balaban J connectivity index is 2.48. The SMILES string of the molecule is CC(=S)CC1=CNCC=C1. The van der Waals surface area contributed by atoms with E-state index in [-0.39, 0.29) is 0 Å². The minimum Gasteiger partial charge on any atom is -0.387 e. The topological polar surface area (TPSA) is 12.0 Å².